The van der Waals surface area contributed by atoms with Gasteiger partial charge in [-0.05, 0) is 31.4 Å². The molecule has 1 atom stereocenters. The van der Waals surface area contributed by atoms with E-state index in [1.807, 2.05) is 45.4 Å². The molecule has 182 valence electrons. The first-order valence-electron chi connectivity index (χ1n) is 11.6. The van der Waals surface area contributed by atoms with Crippen molar-refractivity contribution in [3.05, 3.63) is 24.3 Å². The Hall–Kier alpha value is -2.48. The van der Waals surface area contributed by atoms with Gasteiger partial charge in [-0.25, -0.2) is 4.79 Å². The number of para-hydroxylation sites is 2. The molecule has 1 aromatic rings. The van der Waals surface area contributed by atoms with E-state index in [4.69, 9.17) is 9.47 Å². The van der Waals surface area contributed by atoms with Crippen LogP contribution in [0.1, 0.15) is 51.9 Å². The van der Waals surface area contributed by atoms with E-state index in [1.165, 1.54) is 19.3 Å². The summed E-state index contributed by atoms with van der Waals surface area (Å²) >= 11 is 0. The first-order valence-corrected chi connectivity index (χ1v) is 11.6. The first kappa shape index (κ1) is 27.6. The van der Waals surface area contributed by atoms with Crippen LogP contribution in [0.15, 0.2) is 24.3 Å². The number of nitrogens with zero attached hydrogens (tertiary/aromatic N) is 1. The van der Waals surface area contributed by atoms with Crippen LogP contribution >= 0.6 is 0 Å². The molecular weight excluding hydrogens is 410 g/mol. The zero-order valence-corrected chi connectivity index (χ0v) is 20.2. The Morgan fingerprint density at radius 1 is 0.969 bits per heavy atom. The van der Waals surface area contributed by atoms with Gasteiger partial charge in [-0.3, -0.25) is 0 Å². The molecule has 0 saturated carbocycles. The second-order valence-corrected chi connectivity index (χ2v) is 9.06. The van der Waals surface area contributed by atoms with Gasteiger partial charge in [0.05, 0.1) is 46.9 Å². The zero-order chi connectivity index (χ0) is 23.8. The quantitative estimate of drug-likeness (QED) is 0.280. The second-order valence-electron chi connectivity index (χ2n) is 9.06. The normalized spacial score (nSPS) is 12.1. The number of carbonyl (C=O) groups excluding carboxylic acids is 2. The molecule has 0 radical (unpaired) electrons. The van der Waals surface area contributed by atoms with Crippen molar-refractivity contribution >= 4 is 12.0 Å². The Balaban J connectivity index is 2.27. The zero-order valence-electron chi connectivity index (χ0n) is 20.2. The van der Waals surface area contributed by atoms with Crippen LogP contribution in [0.25, 0.3) is 0 Å². The molecule has 0 unspecified atom stereocenters. The van der Waals surface area contributed by atoms with Crippen LogP contribution in [0.2, 0.25) is 0 Å². The monoisotopic (exact) mass is 451 g/mol. The van der Waals surface area contributed by atoms with Crippen molar-refractivity contribution < 1.29 is 28.7 Å². The number of nitrogens with one attached hydrogen (secondary N) is 2. The lowest BCUT2D eigenvalue weighted by atomic mass is 10.2. The maximum atomic E-state index is 12.1. The summed E-state index contributed by atoms with van der Waals surface area (Å²) in [6.07, 6.45) is 5.93. The van der Waals surface area contributed by atoms with E-state index in [0.29, 0.717) is 30.8 Å². The van der Waals surface area contributed by atoms with Crippen molar-refractivity contribution in [1.29, 1.82) is 0 Å². The number of hydrogen-bond acceptors (Lipinski definition) is 5. The molecule has 8 heteroatoms. The summed E-state index contributed by atoms with van der Waals surface area (Å²) < 4.78 is 12.3. The third-order valence-corrected chi connectivity index (χ3v) is 4.74. The van der Waals surface area contributed by atoms with E-state index >= 15 is 0 Å². The Kier molecular flexibility index (Phi) is 13.2. The minimum absolute atomic E-state index is 0.211. The highest BCUT2D eigenvalue weighted by Gasteiger charge is 2.20. The van der Waals surface area contributed by atoms with E-state index in [1.54, 1.807) is 0 Å². The molecule has 0 bridgehead atoms. The van der Waals surface area contributed by atoms with Gasteiger partial charge in [0, 0.05) is 18.9 Å². The Bertz CT molecular complexity index is 676. The number of ether oxygens (including phenoxy) is 2. The molecule has 8 nitrogen and oxygen atoms in total. The van der Waals surface area contributed by atoms with E-state index in [0.717, 1.165) is 30.8 Å². The van der Waals surface area contributed by atoms with Gasteiger partial charge in [0.25, 0.3) is 0 Å². The van der Waals surface area contributed by atoms with Crippen molar-refractivity contribution in [2.75, 3.05) is 47.4 Å². The SMILES string of the molecule is CCCCCCOc1ccccc1OCCCCNC(=O)N[C@H](CC(=O)[O-])C[N+](C)(C)C. The van der Waals surface area contributed by atoms with Gasteiger partial charge in [-0.15, -0.1) is 0 Å². The topological polar surface area (TPSA) is 99.7 Å². The van der Waals surface area contributed by atoms with Gasteiger partial charge in [-0.2, -0.15) is 0 Å². The van der Waals surface area contributed by atoms with E-state index in [2.05, 4.69) is 17.6 Å². The van der Waals surface area contributed by atoms with Crippen LogP contribution in [-0.4, -0.2) is 70.0 Å². The lowest BCUT2D eigenvalue weighted by Crippen LogP contribution is -2.53. The number of urea groups is 1. The van der Waals surface area contributed by atoms with Gasteiger partial charge >= 0.3 is 6.03 Å². The largest absolute Gasteiger partial charge is 0.550 e. The molecule has 0 saturated heterocycles. The molecule has 0 heterocycles. The smallest absolute Gasteiger partial charge is 0.315 e. The highest BCUT2D eigenvalue weighted by atomic mass is 16.5. The van der Waals surface area contributed by atoms with Crippen molar-refractivity contribution in [3.8, 4) is 11.5 Å². The number of hydrogen-bond donors (Lipinski definition) is 2. The molecule has 0 aromatic heterocycles. The predicted octanol–water partition coefficient (Wildman–Crippen LogP) is 2.32. The fraction of sp³-hybridized carbons (Fsp3) is 0.667. The van der Waals surface area contributed by atoms with Crippen LogP contribution in [-0.2, 0) is 4.79 Å². The summed E-state index contributed by atoms with van der Waals surface area (Å²) in [5, 5.41) is 16.4. The maximum absolute atomic E-state index is 12.1. The van der Waals surface area contributed by atoms with Crippen LogP contribution in [0.4, 0.5) is 4.79 Å². The number of unbranched alkanes of at least 4 members (excludes halogenated alkanes) is 4. The van der Waals surface area contributed by atoms with E-state index in [9.17, 15) is 14.7 Å². The molecule has 1 rings (SSSR count). The number of rotatable bonds is 17. The molecule has 0 aliphatic heterocycles. The van der Waals surface area contributed by atoms with Crippen molar-refractivity contribution in [2.45, 2.75) is 57.9 Å². The Morgan fingerprint density at radius 2 is 1.56 bits per heavy atom. The highest BCUT2D eigenvalue weighted by molar-refractivity contribution is 5.75. The van der Waals surface area contributed by atoms with Gasteiger partial charge in [0.2, 0.25) is 0 Å². The third-order valence-electron chi connectivity index (χ3n) is 4.74. The van der Waals surface area contributed by atoms with Crippen LogP contribution in [0.5, 0.6) is 11.5 Å². The van der Waals surface area contributed by atoms with Gasteiger partial charge in [-0.1, -0.05) is 38.3 Å². The summed E-state index contributed by atoms with van der Waals surface area (Å²) in [5.41, 5.74) is 0. The number of quaternary nitrogens is 1. The molecule has 32 heavy (non-hydrogen) atoms. The number of likely N-dealkylation sites (N-methyl/N-ethyl adjacent to an activating group) is 1. The molecule has 1 aromatic carbocycles. The van der Waals surface area contributed by atoms with Crippen molar-refractivity contribution in [3.63, 3.8) is 0 Å². The van der Waals surface area contributed by atoms with Crippen LogP contribution < -0.4 is 25.2 Å². The second kappa shape index (κ2) is 15.3. The van der Waals surface area contributed by atoms with Crippen molar-refractivity contribution in [1.82, 2.24) is 10.6 Å². The molecular formula is C24H41N3O5. The van der Waals surface area contributed by atoms with Gasteiger partial charge in [0.15, 0.2) is 11.5 Å². The standard InChI is InChI=1S/C24H41N3O5/c1-5-6-7-11-16-31-21-13-8-9-14-22(21)32-17-12-10-15-25-24(30)26-20(18-23(28)29)19-27(2,3)4/h8-9,13-14,20H,5-7,10-12,15-19H2,1-4H3,(H2-,25,26,28,29,30)/t20-/m1/s1. The summed E-state index contributed by atoms with van der Waals surface area (Å²) in [6.45, 7) is 4.37. The summed E-state index contributed by atoms with van der Waals surface area (Å²) in [5.74, 6) is 0.322. The van der Waals surface area contributed by atoms with Gasteiger partial charge < -0.3 is 34.5 Å². The van der Waals surface area contributed by atoms with Crippen LogP contribution in [0, 0.1) is 0 Å². The minimum atomic E-state index is -1.17. The van der Waals surface area contributed by atoms with Crippen molar-refractivity contribution in [2.24, 2.45) is 0 Å². The lowest BCUT2D eigenvalue weighted by Gasteiger charge is -2.30. The number of benzene rings is 1. The fourth-order valence-electron chi connectivity index (χ4n) is 3.27. The first-order chi connectivity index (χ1) is 15.2. The molecule has 0 aliphatic rings. The molecule has 0 fully saturated rings. The Labute approximate surface area is 192 Å². The van der Waals surface area contributed by atoms with Gasteiger partial charge in [0.1, 0.15) is 0 Å². The summed E-state index contributed by atoms with van der Waals surface area (Å²) in [7, 11) is 5.83. The number of carboxylic acids is 1. The van der Waals surface area contributed by atoms with Crippen LogP contribution in [0.3, 0.4) is 0 Å². The molecule has 2 N–H and O–H groups in total. The maximum Gasteiger partial charge on any atom is 0.315 e. The average Bonchev–Trinajstić information content (AvgIpc) is 2.69. The average molecular weight is 452 g/mol. The number of carbonyl (C=O) groups is 2. The summed E-state index contributed by atoms with van der Waals surface area (Å²) in [6, 6.07) is 6.82. The highest BCUT2D eigenvalue weighted by Crippen LogP contribution is 2.26. The predicted molar refractivity (Wildman–Crippen MR) is 124 cm³/mol. The van der Waals surface area contributed by atoms with E-state index < -0.39 is 12.0 Å². The fourth-order valence-corrected chi connectivity index (χ4v) is 3.27. The third kappa shape index (κ3) is 13.7. The number of aliphatic carboxylic acids is 1. The lowest BCUT2D eigenvalue weighted by molar-refractivity contribution is -0.871. The molecule has 0 aliphatic carbocycles. The molecule has 0 spiro atoms. The summed E-state index contributed by atoms with van der Waals surface area (Å²) in [4.78, 5) is 23.0. The minimum Gasteiger partial charge on any atom is -0.550 e. The number of amides is 2. The number of carboxylic acid groups (broad SMARTS) is 1. The molecule has 2 amide bonds. The Morgan fingerprint density at radius 3 is 2.09 bits per heavy atom. The van der Waals surface area contributed by atoms with E-state index in [-0.39, 0.29) is 12.5 Å².